The zero-order valence-electron chi connectivity index (χ0n) is 27.0. The summed E-state index contributed by atoms with van der Waals surface area (Å²) in [6.45, 7) is 9.77. The van der Waals surface area contributed by atoms with E-state index in [1.807, 2.05) is 0 Å². The average Bonchev–Trinajstić information content (AvgIpc) is 3.45. The van der Waals surface area contributed by atoms with Crippen molar-refractivity contribution in [3.63, 3.8) is 0 Å². The maximum atomic E-state index is 14.4. The molecule has 44 heavy (non-hydrogen) atoms. The first-order valence-electron chi connectivity index (χ1n) is 14.3. The highest BCUT2D eigenvalue weighted by molar-refractivity contribution is 5.99. The molecule has 11 heteroatoms. The monoisotopic (exact) mass is 616 g/mol. The van der Waals surface area contributed by atoms with Crippen LogP contribution < -0.4 is 18.9 Å². The van der Waals surface area contributed by atoms with Gasteiger partial charge in [-0.2, -0.15) is 0 Å². The molecule has 242 valence electrons. The number of carbonyl (C=O) groups is 3. The van der Waals surface area contributed by atoms with Crippen molar-refractivity contribution in [1.82, 2.24) is 0 Å². The number of methoxy groups -OCH3 is 3. The first kappa shape index (κ1) is 34.7. The molecule has 0 amide bonds. The van der Waals surface area contributed by atoms with Gasteiger partial charge in [0.2, 0.25) is 6.79 Å². The molecule has 0 fully saturated rings. The second kappa shape index (κ2) is 14.8. The summed E-state index contributed by atoms with van der Waals surface area (Å²) >= 11 is 0. The van der Waals surface area contributed by atoms with Crippen molar-refractivity contribution in [3.05, 3.63) is 47.5 Å². The van der Waals surface area contributed by atoms with E-state index in [9.17, 15) is 14.4 Å². The highest BCUT2D eigenvalue weighted by Gasteiger charge is 2.40. The van der Waals surface area contributed by atoms with E-state index in [-0.39, 0.29) is 38.1 Å². The molecule has 1 aliphatic heterocycles. The van der Waals surface area contributed by atoms with Crippen molar-refractivity contribution in [2.75, 3.05) is 48.1 Å². The number of hydrogen-bond donors (Lipinski definition) is 0. The molecule has 11 nitrogen and oxygen atoms in total. The predicted octanol–water partition coefficient (Wildman–Crippen LogP) is 5.39. The number of hydrogen-bond acceptors (Lipinski definition) is 11. The van der Waals surface area contributed by atoms with E-state index in [0.717, 1.165) is 0 Å². The maximum absolute atomic E-state index is 14.4. The fourth-order valence-electron chi connectivity index (χ4n) is 4.48. The van der Waals surface area contributed by atoms with Gasteiger partial charge in [0.05, 0.1) is 43.7 Å². The zero-order chi connectivity index (χ0) is 32.7. The van der Waals surface area contributed by atoms with Crippen LogP contribution >= 0.6 is 0 Å². The Hall–Kier alpha value is -3.83. The third kappa shape index (κ3) is 8.63. The highest BCUT2D eigenvalue weighted by Crippen LogP contribution is 2.41. The third-order valence-electron chi connectivity index (χ3n) is 7.03. The molecule has 0 unspecified atom stereocenters. The molecular weight excluding hydrogens is 572 g/mol. The Kier molecular flexibility index (Phi) is 11.6. The molecule has 2 aromatic rings. The molecule has 1 aliphatic rings. The van der Waals surface area contributed by atoms with Crippen LogP contribution in [0, 0.1) is 22.7 Å². The summed E-state index contributed by atoms with van der Waals surface area (Å²) in [6, 6.07) is 10.1. The van der Waals surface area contributed by atoms with E-state index < -0.39 is 40.7 Å². The first-order chi connectivity index (χ1) is 20.7. The fourth-order valence-corrected chi connectivity index (χ4v) is 4.48. The topological polar surface area (TPSA) is 125 Å². The minimum atomic E-state index is -1.03. The van der Waals surface area contributed by atoms with Crippen LogP contribution in [0.15, 0.2) is 36.4 Å². The SMILES string of the molecule is COCO[C@H](c1ccc2c(c1)OCO2)[C@@H](COC(=O)C(C)(C)C)[C@@H](COC(=O)C(C)(C)C)C(=O)c1ccc(OC)c(OC)c1. The minimum Gasteiger partial charge on any atom is -0.493 e. The predicted molar refractivity (Wildman–Crippen MR) is 160 cm³/mol. The number of rotatable bonds is 14. The van der Waals surface area contributed by atoms with Gasteiger partial charge in [0.15, 0.2) is 28.8 Å². The van der Waals surface area contributed by atoms with E-state index in [1.165, 1.54) is 21.3 Å². The standard InChI is InChI=1S/C33H44O11/c1-32(2,3)30(35)40-16-22(28(34)20-10-12-24(38-8)26(14-20)39-9)23(17-41-31(36)33(4,5)6)29(44-18-37-7)21-11-13-25-27(15-21)43-19-42-25/h10-15,22-23,29H,16-19H2,1-9H3/t22-,23+,29-/m1/s1. The van der Waals surface area contributed by atoms with Crippen molar-refractivity contribution in [2.45, 2.75) is 47.6 Å². The van der Waals surface area contributed by atoms with E-state index in [4.69, 9.17) is 37.9 Å². The fraction of sp³-hybridized carbons (Fsp3) is 0.545. The molecule has 2 aromatic carbocycles. The lowest BCUT2D eigenvalue weighted by Gasteiger charge is -2.34. The smallest absolute Gasteiger partial charge is 0.311 e. The van der Waals surface area contributed by atoms with Crippen LogP contribution in [0.3, 0.4) is 0 Å². The Morgan fingerprint density at radius 3 is 1.98 bits per heavy atom. The number of fused-ring (bicyclic) bond motifs is 1. The zero-order valence-corrected chi connectivity index (χ0v) is 27.0. The van der Waals surface area contributed by atoms with Crippen LogP contribution in [0.1, 0.15) is 63.6 Å². The maximum Gasteiger partial charge on any atom is 0.311 e. The summed E-state index contributed by atoms with van der Waals surface area (Å²) in [4.78, 5) is 40.3. The lowest BCUT2D eigenvalue weighted by molar-refractivity contribution is -0.164. The van der Waals surface area contributed by atoms with Gasteiger partial charge in [0.25, 0.3) is 0 Å². The van der Waals surface area contributed by atoms with Crippen LogP contribution in [0.2, 0.25) is 0 Å². The Morgan fingerprint density at radius 1 is 0.773 bits per heavy atom. The van der Waals surface area contributed by atoms with Crippen LogP contribution in [-0.2, 0) is 28.5 Å². The summed E-state index contributed by atoms with van der Waals surface area (Å²) in [6.07, 6.45) is -0.861. The molecule has 0 N–H and O–H groups in total. The van der Waals surface area contributed by atoms with Gasteiger partial charge in [-0.25, -0.2) is 0 Å². The Labute approximate surface area is 259 Å². The number of esters is 2. The molecule has 0 aliphatic carbocycles. The lowest BCUT2D eigenvalue weighted by atomic mass is 9.80. The van der Waals surface area contributed by atoms with Gasteiger partial charge in [0.1, 0.15) is 13.4 Å². The van der Waals surface area contributed by atoms with Gasteiger partial charge in [0, 0.05) is 18.6 Å². The van der Waals surface area contributed by atoms with Crippen LogP contribution in [0.25, 0.3) is 0 Å². The lowest BCUT2D eigenvalue weighted by Crippen LogP contribution is -2.39. The normalized spacial score (nSPS) is 14.8. The van der Waals surface area contributed by atoms with Gasteiger partial charge in [-0.3, -0.25) is 14.4 Å². The Bertz CT molecular complexity index is 1310. The second-order valence-corrected chi connectivity index (χ2v) is 12.5. The molecule has 0 spiro atoms. The first-order valence-corrected chi connectivity index (χ1v) is 14.3. The largest absolute Gasteiger partial charge is 0.493 e. The van der Waals surface area contributed by atoms with Gasteiger partial charge >= 0.3 is 11.9 Å². The van der Waals surface area contributed by atoms with Crippen LogP contribution in [0.4, 0.5) is 0 Å². The van der Waals surface area contributed by atoms with Gasteiger partial charge in [-0.1, -0.05) is 6.07 Å². The number of ketones is 1. The van der Waals surface area contributed by atoms with Crippen LogP contribution in [-0.4, -0.2) is 65.9 Å². The summed E-state index contributed by atoms with van der Waals surface area (Å²) < 4.78 is 44.9. The quantitative estimate of drug-likeness (QED) is 0.154. The second-order valence-electron chi connectivity index (χ2n) is 12.5. The summed E-state index contributed by atoms with van der Waals surface area (Å²) in [5.41, 5.74) is -0.736. The van der Waals surface area contributed by atoms with Crippen LogP contribution in [0.5, 0.6) is 23.0 Å². The number of carbonyl (C=O) groups excluding carboxylic acids is 3. The Balaban J connectivity index is 2.16. The van der Waals surface area contributed by atoms with Crippen molar-refractivity contribution in [1.29, 1.82) is 0 Å². The number of benzene rings is 2. The summed E-state index contributed by atoms with van der Waals surface area (Å²) in [7, 11) is 4.44. The Morgan fingerprint density at radius 2 is 1.39 bits per heavy atom. The minimum absolute atomic E-state index is 0.0676. The summed E-state index contributed by atoms with van der Waals surface area (Å²) in [5, 5.41) is 0. The molecule has 0 bridgehead atoms. The third-order valence-corrected chi connectivity index (χ3v) is 7.03. The van der Waals surface area contributed by atoms with Crippen molar-refractivity contribution >= 4 is 17.7 Å². The van der Waals surface area contributed by atoms with E-state index in [0.29, 0.717) is 28.6 Å². The molecule has 3 rings (SSSR count). The highest BCUT2D eigenvalue weighted by atomic mass is 16.7. The molecule has 0 radical (unpaired) electrons. The molecule has 0 saturated carbocycles. The molecule has 1 heterocycles. The van der Waals surface area contributed by atoms with Gasteiger partial charge < -0.3 is 37.9 Å². The number of ether oxygens (including phenoxy) is 8. The molecule has 0 saturated heterocycles. The summed E-state index contributed by atoms with van der Waals surface area (Å²) in [5.74, 6) is -1.36. The average molecular weight is 617 g/mol. The molecule has 3 atom stereocenters. The van der Waals surface area contributed by atoms with Gasteiger partial charge in [-0.15, -0.1) is 0 Å². The van der Waals surface area contributed by atoms with Crippen molar-refractivity contribution in [2.24, 2.45) is 22.7 Å². The van der Waals surface area contributed by atoms with E-state index >= 15 is 0 Å². The van der Waals surface area contributed by atoms with Crippen molar-refractivity contribution in [3.8, 4) is 23.0 Å². The molecule has 0 aromatic heterocycles. The van der Waals surface area contributed by atoms with E-state index in [1.54, 1.807) is 77.9 Å². The number of Topliss-reactive ketones (excluding diaryl/α,β-unsaturated/α-hetero) is 1. The van der Waals surface area contributed by atoms with Crippen molar-refractivity contribution < 1.29 is 52.3 Å². The van der Waals surface area contributed by atoms with E-state index in [2.05, 4.69) is 0 Å². The molecular formula is C33H44O11. The van der Waals surface area contributed by atoms with Gasteiger partial charge in [-0.05, 0) is 77.4 Å².